The third-order valence-electron chi connectivity index (χ3n) is 2.94. The molecule has 1 fully saturated rings. The van der Waals surface area contributed by atoms with Crippen LogP contribution in [0.15, 0.2) is 29.2 Å². The molecule has 0 N–H and O–H groups in total. The topological polar surface area (TPSA) is 69.7 Å². The van der Waals surface area contributed by atoms with E-state index in [0.717, 1.165) is 19.1 Å². The van der Waals surface area contributed by atoms with Crippen molar-refractivity contribution in [1.82, 2.24) is 0 Å². The second-order valence-electron chi connectivity index (χ2n) is 4.53. The Morgan fingerprint density at radius 3 is 2.58 bits per heavy atom. The molecule has 1 saturated heterocycles. The summed E-state index contributed by atoms with van der Waals surface area (Å²) in [4.78, 5) is 11.9. The predicted octanol–water partition coefficient (Wildman–Crippen LogP) is 1.43. The molecule has 0 aliphatic carbocycles. The van der Waals surface area contributed by atoms with Gasteiger partial charge in [-0.1, -0.05) is 0 Å². The molecule has 104 valence electrons. The zero-order valence-corrected chi connectivity index (χ0v) is 11.5. The Kier molecular flexibility index (Phi) is 4.21. The molecule has 2 rings (SSSR count). The van der Waals surface area contributed by atoms with E-state index in [4.69, 9.17) is 9.47 Å². The highest BCUT2D eigenvalue weighted by molar-refractivity contribution is 7.90. The van der Waals surface area contributed by atoms with Crippen LogP contribution in [0.25, 0.3) is 0 Å². The van der Waals surface area contributed by atoms with Gasteiger partial charge >= 0.3 is 5.97 Å². The molecule has 1 aromatic rings. The Hall–Kier alpha value is -1.40. The van der Waals surface area contributed by atoms with Gasteiger partial charge < -0.3 is 9.47 Å². The van der Waals surface area contributed by atoms with Crippen LogP contribution in [0.4, 0.5) is 0 Å². The zero-order valence-electron chi connectivity index (χ0n) is 10.7. The van der Waals surface area contributed by atoms with Gasteiger partial charge in [0.15, 0.2) is 9.84 Å². The number of hydrogen-bond donors (Lipinski definition) is 0. The summed E-state index contributed by atoms with van der Waals surface area (Å²) in [7, 11) is -3.24. The molecule has 1 heterocycles. The summed E-state index contributed by atoms with van der Waals surface area (Å²) < 4.78 is 33.0. The molecule has 0 amide bonds. The van der Waals surface area contributed by atoms with Crippen molar-refractivity contribution in [2.75, 3.05) is 19.5 Å². The molecule has 6 heteroatoms. The highest BCUT2D eigenvalue weighted by atomic mass is 32.2. The van der Waals surface area contributed by atoms with Crippen molar-refractivity contribution in [3.8, 4) is 0 Å². The first kappa shape index (κ1) is 14.0. The number of esters is 1. The van der Waals surface area contributed by atoms with E-state index in [-0.39, 0.29) is 17.6 Å². The van der Waals surface area contributed by atoms with Crippen molar-refractivity contribution in [3.05, 3.63) is 29.8 Å². The van der Waals surface area contributed by atoms with E-state index >= 15 is 0 Å². The Bertz CT molecular complexity index is 541. The summed E-state index contributed by atoms with van der Waals surface area (Å²) in [6.45, 7) is 0.956. The van der Waals surface area contributed by atoms with Gasteiger partial charge in [-0.2, -0.15) is 0 Å². The third kappa shape index (κ3) is 3.78. The van der Waals surface area contributed by atoms with Crippen LogP contribution < -0.4 is 0 Å². The average Bonchev–Trinajstić information content (AvgIpc) is 2.88. The molecule has 1 aliphatic heterocycles. The molecule has 1 aliphatic rings. The van der Waals surface area contributed by atoms with Gasteiger partial charge in [-0.25, -0.2) is 13.2 Å². The third-order valence-corrected chi connectivity index (χ3v) is 4.07. The van der Waals surface area contributed by atoms with E-state index in [0.29, 0.717) is 12.2 Å². The van der Waals surface area contributed by atoms with Crippen LogP contribution in [-0.4, -0.2) is 40.0 Å². The van der Waals surface area contributed by atoms with E-state index in [2.05, 4.69) is 0 Å². The Morgan fingerprint density at radius 1 is 1.37 bits per heavy atom. The largest absolute Gasteiger partial charge is 0.459 e. The van der Waals surface area contributed by atoms with Crippen LogP contribution in [0.2, 0.25) is 0 Å². The van der Waals surface area contributed by atoms with Gasteiger partial charge in [0.05, 0.1) is 16.6 Å². The number of carbonyl (C=O) groups is 1. The minimum Gasteiger partial charge on any atom is -0.459 e. The van der Waals surface area contributed by atoms with Crippen LogP contribution in [0.5, 0.6) is 0 Å². The molecule has 0 bridgehead atoms. The highest BCUT2D eigenvalue weighted by Crippen LogP contribution is 2.14. The average molecular weight is 284 g/mol. The number of sulfone groups is 1. The SMILES string of the molecule is CS(=O)(=O)c1ccc(C(=O)OCC2CCCO2)cc1. The standard InChI is InChI=1S/C13H16O5S/c1-19(15,16)12-6-4-10(5-7-12)13(14)18-9-11-3-2-8-17-11/h4-7,11H,2-3,8-9H2,1H3. The monoisotopic (exact) mass is 284 g/mol. The molecule has 0 aromatic heterocycles. The van der Waals surface area contributed by atoms with E-state index < -0.39 is 15.8 Å². The summed E-state index contributed by atoms with van der Waals surface area (Å²) in [6, 6.07) is 5.71. The molecular weight excluding hydrogens is 268 g/mol. The lowest BCUT2D eigenvalue weighted by Crippen LogP contribution is -2.17. The van der Waals surface area contributed by atoms with Crippen LogP contribution in [-0.2, 0) is 19.3 Å². The fraction of sp³-hybridized carbons (Fsp3) is 0.462. The lowest BCUT2D eigenvalue weighted by atomic mass is 10.2. The van der Waals surface area contributed by atoms with Crippen molar-refractivity contribution in [3.63, 3.8) is 0 Å². The smallest absolute Gasteiger partial charge is 0.338 e. The molecule has 0 saturated carbocycles. The van der Waals surface area contributed by atoms with Gasteiger partial charge in [-0.3, -0.25) is 0 Å². The van der Waals surface area contributed by atoms with Crippen molar-refractivity contribution >= 4 is 15.8 Å². The number of rotatable bonds is 4. The summed E-state index contributed by atoms with van der Waals surface area (Å²) >= 11 is 0. The first-order valence-corrected chi connectivity index (χ1v) is 7.95. The van der Waals surface area contributed by atoms with Crippen molar-refractivity contribution in [1.29, 1.82) is 0 Å². The zero-order chi connectivity index (χ0) is 13.9. The fourth-order valence-electron chi connectivity index (χ4n) is 1.87. The van der Waals surface area contributed by atoms with E-state index in [1.54, 1.807) is 0 Å². The molecule has 0 spiro atoms. The normalized spacial score (nSPS) is 19.3. The fourth-order valence-corrected chi connectivity index (χ4v) is 2.50. The second kappa shape index (κ2) is 5.71. The lowest BCUT2D eigenvalue weighted by Gasteiger charge is -2.10. The molecule has 0 radical (unpaired) electrons. The molecule has 19 heavy (non-hydrogen) atoms. The van der Waals surface area contributed by atoms with E-state index in [9.17, 15) is 13.2 Å². The minimum atomic E-state index is -3.24. The van der Waals surface area contributed by atoms with Crippen molar-refractivity contribution in [2.45, 2.75) is 23.8 Å². The summed E-state index contributed by atoms with van der Waals surface area (Å²) in [5.41, 5.74) is 0.338. The van der Waals surface area contributed by atoms with Gasteiger partial charge in [0.25, 0.3) is 0 Å². The molecule has 1 atom stereocenters. The quantitative estimate of drug-likeness (QED) is 0.782. The van der Waals surface area contributed by atoms with E-state index in [1.807, 2.05) is 0 Å². The number of hydrogen-bond acceptors (Lipinski definition) is 5. The lowest BCUT2D eigenvalue weighted by molar-refractivity contribution is 0.0161. The molecular formula is C13H16O5S. The number of benzene rings is 1. The number of ether oxygens (including phenoxy) is 2. The predicted molar refractivity (Wildman–Crippen MR) is 68.8 cm³/mol. The maximum absolute atomic E-state index is 11.7. The summed E-state index contributed by atoms with van der Waals surface area (Å²) in [5.74, 6) is -0.462. The maximum Gasteiger partial charge on any atom is 0.338 e. The van der Waals surface area contributed by atoms with Gasteiger partial charge in [0, 0.05) is 12.9 Å². The Balaban J connectivity index is 1.95. The number of carbonyl (C=O) groups excluding carboxylic acids is 1. The molecule has 1 aromatic carbocycles. The van der Waals surface area contributed by atoms with E-state index in [1.165, 1.54) is 24.3 Å². The first-order chi connectivity index (χ1) is 8.97. The molecule has 5 nitrogen and oxygen atoms in total. The van der Waals surface area contributed by atoms with Crippen LogP contribution in [0.1, 0.15) is 23.2 Å². The van der Waals surface area contributed by atoms with Crippen molar-refractivity contribution in [2.24, 2.45) is 0 Å². The summed E-state index contributed by atoms with van der Waals surface area (Å²) in [5, 5.41) is 0. The Labute approximate surface area is 112 Å². The maximum atomic E-state index is 11.7. The van der Waals surface area contributed by atoms with Crippen molar-refractivity contribution < 1.29 is 22.7 Å². The van der Waals surface area contributed by atoms with Crippen LogP contribution in [0.3, 0.4) is 0 Å². The van der Waals surface area contributed by atoms with Crippen LogP contribution >= 0.6 is 0 Å². The van der Waals surface area contributed by atoms with Gasteiger partial charge in [-0.05, 0) is 37.1 Å². The van der Waals surface area contributed by atoms with Gasteiger partial charge in [0.2, 0.25) is 0 Å². The highest BCUT2D eigenvalue weighted by Gasteiger charge is 2.18. The summed E-state index contributed by atoms with van der Waals surface area (Å²) in [6.07, 6.45) is 3.00. The minimum absolute atomic E-state index is 0.0146. The van der Waals surface area contributed by atoms with Crippen LogP contribution in [0, 0.1) is 0 Å². The second-order valence-corrected chi connectivity index (χ2v) is 6.55. The Morgan fingerprint density at radius 2 is 2.05 bits per heavy atom. The molecule has 1 unspecified atom stereocenters. The van der Waals surface area contributed by atoms with Gasteiger partial charge in [0.1, 0.15) is 6.61 Å². The van der Waals surface area contributed by atoms with Gasteiger partial charge in [-0.15, -0.1) is 0 Å². The first-order valence-electron chi connectivity index (χ1n) is 6.05.